The van der Waals surface area contributed by atoms with E-state index in [1.807, 2.05) is 32.0 Å². The molecule has 0 radical (unpaired) electrons. The van der Waals surface area contributed by atoms with Crippen molar-refractivity contribution >= 4 is 23.4 Å². The molecule has 2 aliphatic heterocycles. The minimum absolute atomic E-state index is 0.0350. The predicted molar refractivity (Wildman–Crippen MR) is 123 cm³/mol. The van der Waals surface area contributed by atoms with Crippen LogP contribution in [0.3, 0.4) is 0 Å². The fraction of sp³-hybridized carbons (Fsp3) is 0.400. The molecule has 2 aromatic rings. The monoisotopic (exact) mass is 463 g/mol. The topological polar surface area (TPSA) is 87.0 Å². The number of pyridine rings is 1. The number of carbonyl (C=O) groups excluding carboxylic acids is 3. The van der Waals surface area contributed by atoms with Gasteiger partial charge in [0.15, 0.2) is 0 Å². The number of likely N-dealkylation sites (N-methyl/N-ethyl adjacent to an activating group) is 1. The molecule has 2 aliphatic rings. The van der Waals surface area contributed by atoms with Crippen LogP contribution in [-0.2, 0) is 15.0 Å². The summed E-state index contributed by atoms with van der Waals surface area (Å²) in [6, 6.07) is 7.51. The summed E-state index contributed by atoms with van der Waals surface area (Å²) in [6.45, 7) is 11.6. The van der Waals surface area contributed by atoms with E-state index < -0.39 is 35.3 Å². The van der Waals surface area contributed by atoms with Crippen molar-refractivity contribution in [3.8, 4) is 0 Å². The van der Waals surface area contributed by atoms with E-state index in [0.29, 0.717) is 12.1 Å². The van der Waals surface area contributed by atoms with Gasteiger partial charge in [-0.2, -0.15) is 0 Å². The summed E-state index contributed by atoms with van der Waals surface area (Å²) in [7, 11) is 1.49. The number of aromatic nitrogens is 1. The number of carbonyl (C=O) groups is 3. The van der Waals surface area contributed by atoms with Gasteiger partial charge in [0.2, 0.25) is 5.91 Å². The SMILES string of the molecule is [C-]#[N+][C@@H]1C[C@@]2(CN1C(=O)[C@H](CC(C)C)N(C)C(=O)c1cncc(F)c1)C(=O)Nc1ccccc12. The van der Waals surface area contributed by atoms with Gasteiger partial charge in [0.1, 0.15) is 17.3 Å². The lowest BCUT2D eigenvalue weighted by Gasteiger charge is -2.32. The van der Waals surface area contributed by atoms with E-state index in [4.69, 9.17) is 6.57 Å². The maximum Gasteiger partial charge on any atom is 0.302 e. The quantitative estimate of drug-likeness (QED) is 0.691. The molecule has 1 fully saturated rings. The van der Waals surface area contributed by atoms with Crippen molar-refractivity contribution in [1.82, 2.24) is 14.8 Å². The molecule has 0 aliphatic carbocycles. The number of nitrogens with one attached hydrogen (secondary N) is 1. The predicted octanol–water partition coefficient (Wildman–Crippen LogP) is 3.08. The third-order valence-electron chi connectivity index (χ3n) is 6.61. The number of hydrogen-bond donors (Lipinski definition) is 1. The Morgan fingerprint density at radius 3 is 2.76 bits per heavy atom. The Labute approximate surface area is 197 Å². The smallest absolute Gasteiger partial charge is 0.302 e. The number of rotatable bonds is 5. The van der Waals surface area contributed by atoms with Crippen molar-refractivity contribution in [2.45, 2.75) is 44.3 Å². The van der Waals surface area contributed by atoms with Crippen LogP contribution in [0.2, 0.25) is 0 Å². The molecule has 1 spiro atoms. The Kier molecular flexibility index (Phi) is 6.09. The molecule has 3 amide bonds. The molecule has 1 N–H and O–H groups in total. The average Bonchev–Trinajstić information content (AvgIpc) is 3.34. The Morgan fingerprint density at radius 1 is 1.35 bits per heavy atom. The molecule has 3 heterocycles. The first-order valence-electron chi connectivity index (χ1n) is 11.1. The van der Waals surface area contributed by atoms with Gasteiger partial charge in [-0.15, -0.1) is 0 Å². The first-order valence-corrected chi connectivity index (χ1v) is 11.1. The number of halogens is 1. The lowest BCUT2D eigenvalue weighted by molar-refractivity contribution is -0.136. The Bertz CT molecular complexity index is 1190. The maximum absolute atomic E-state index is 13.8. The van der Waals surface area contributed by atoms with Crippen LogP contribution in [0.25, 0.3) is 4.85 Å². The largest absolute Gasteiger partial charge is 0.330 e. The van der Waals surface area contributed by atoms with E-state index in [0.717, 1.165) is 17.8 Å². The van der Waals surface area contributed by atoms with E-state index in [9.17, 15) is 18.8 Å². The lowest BCUT2D eigenvalue weighted by Crippen LogP contribution is -2.51. The Morgan fingerprint density at radius 2 is 2.09 bits per heavy atom. The van der Waals surface area contributed by atoms with Gasteiger partial charge in [-0.1, -0.05) is 32.0 Å². The first kappa shape index (κ1) is 23.4. The van der Waals surface area contributed by atoms with Crippen molar-refractivity contribution in [3.63, 3.8) is 0 Å². The average molecular weight is 464 g/mol. The molecule has 3 atom stereocenters. The lowest BCUT2D eigenvalue weighted by atomic mass is 9.80. The van der Waals surface area contributed by atoms with Crippen LogP contribution < -0.4 is 5.32 Å². The summed E-state index contributed by atoms with van der Waals surface area (Å²) >= 11 is 0. The van der Waals surface area contributed by atoms with Gasteiger partial charge in [-0.3, -0.25) is 29.1 Å². The van der Waals surface area contributed by atoms with Crippen LogP contribution in [-0.4, -0.2) is 58.3 Å². The number of anilines is 1. The highest BCUT2D eigenvalue weighted by molar-refractivity contribution is 6.07. The highest BCUT2D eigenvalue weighted by Gasteiger charge is 2.59. The molecule has 1 aromatic heterocycles. The van der Waals surface area contributed by atoms with E-state index in [-0.39, 0.29) is 30.4 Å². The number of nitrogens with zero attached hydrogens (tertiary/aromatic N) is 4. The summed E-state index contributed by atoms with van der Waals surface area (Å²) in [5, 5.41) is 2.88. The van der Waals surface area contributed by atoms with Crippen LogP contribution in [0.4, 0.5) is 10.1 Å². The minimum atomic E-state index is -1.00. The fourth-order valence-electron chi connectivity index (χ4n) is 4.89. The van der Waals surface area contributed by atoms with Crippen LogP contribution in [0.1, 0.15) is 42.6 Å². The van der Waals surface area contributed by atoms with Crippen LogP contribution in [0, 0.1) is 18.3 Å². The van der Waals surface area contributed by atoms with Gasteiger partial charge in [-0.05, 0) is 30.0 Å². The minimum Gasteiger partial charge on any atom is -0.330 e. The van der Waals surface area contributed by atoms with Gasteiger partial charge in [0.05, 0.1) is 18.2 Å². The number of benzene rings is 1. The summed E-state index contributed by atoms with van der Waals surface area (Å²) in [6.07, 6.45) is 1.96. The molecule has 9 heteroatoms. The zero-order valence-corrected chi connectivity index (χ0v) is 19.3. The molecule has 0 saturated carbocycles. The second-order valence-electron chi connectivity index (χ2n) is 9.32. The summed E-state index contributed by atoms with van der Waals surface area (Å²) < 4.78 is 13.7. The number of likely N-dealkylation sites (tertiary alicyclic amines) is 1. The summed E-state index contributed by atoms with van der Waals surface area (Å²) in [4.78, 5) is 50.0. The molecule has 1 saturated heterocycles. The molecule has 8 nitrogen and oxygen atoms in total. The molecule has 4 rings (SSSR count). The standard InChI is InChI=1S/C25H26FN5O3/c1-15(2)9-20(30(4)22(32)16-10-17(26)13-28-12-16)23(33)31-14-25(11-21(31)27-3)18-7-5-6-8-19(18)29-24(25)34/h5-8,10,12-13,15,20-21H,9,11,14H2,1-2,4H3,(H,29,34)/t20-,21-,25-/m0/s1. The van der Waals surface area contributed by atoms with Crippen LogP contribution in [0.5, 0.6) is 0 Å². The zero-order chi connectivity index (χ0) is 24.6. The molecule has 1 aromatic carbocycles. The van der Waals surface area contributed by atoms with E-state index in [1.165, 1.54) is 23.0 Å². The van der Waals surface area contributed by atoms with E-state index in [1.54, 1.807) is 6.07 Å². The third-order valence-corrected chi connectivity index (χ3v) is 6.61. The van der Waals surface area contributed by atoms with Crippen molar-refractivity contribution < 1.29 is 18.8 Å². The van der Waals surface area contributed by atoms with Crippen LogP contribution in [0.15, 0.2) is 42.7 Å². The highest BCUT2D eigenvalue weighted by atomic mass is 19.1. The molecule has 0 unspecified atom stereocenters. The van der Waals surface area contributed by atoms with Gasteiger partial charge in [-0.25, -0.2) is 11.0 Å². The normalized spacial score (nSPS) is 21.8. The Balaban J connectivity index is 1.66. The molecular weight excluding hydrogens is 437 g/mol. The van der Waals surface area contributed by atoms with Gasteiger partial charge in [0.25, 0.3) is 11.8 Å². The number of fused-ring (bicyclic) bond motifs is 2. The first-order chi connectivity index (χ1) is 16.2. The van der Waals surface area contributed by atoms with Crippen molar-refractivity contribution in [3.05, 3.63) is 71.1 Å². The van der Waals surface area contributed by atoms with Crippen molar-refractivity contribution in [2.75, 3.05) is 18.9 Å². The van der Waals surface area contributed by atoms with Gasteiger partial charge < -0.3 is 10.2 Å². The van der Waals surface area contributed by atoms with E-state index >= 15 is 0 Å². The Hall–Kier alpha value is -3.80. The maximum atomic E-state index is 13.8. The summed E-state index contributed by atoms with van der Waals surface area (Å²) in [5.41, 5.74) is 0.501. The highest BCUT2D eigenvalue weighted by Crippen LogP contribution is 2.47. The van der Waals surface area contributed by atoms with Crippen molar-refractivity contribution in [1.29, 1.82) is 0 Å². The van der Waals surface area contributed by atoms with Gasteiger partial charge >= 0.3 is 6.17 Å². The number of amides is 3. The van der Waals surface area contributed by atoms with Gasteiger partial charge in [0, 0.05) is 25.5 Å². The molecule has 34 heavy (non-hydrogen) atoms. The second kappa shape index (κ2) is 8.86. The molecule has 176 valence electrons. The fourth-order valence-corrected chi connectivity index (χ4v) is 4.89. The third kappa shape index (κ3) is 3.89. The number of hydrogen-bond acceptors (Lipinski definition) is 4. The zero-order valence-electron chi connectivity index (χ0n) is 19.3. The summed E-state index contributed by atoms with van der Waals surface area (Å²) in [5.74, 6) is -1.75. The molecule has 0 bridgehead atoms. The van der Waals surface area contributed by atoms with E-state index in [2.05, 4.69) is 15.1 Å². The molecular formula is C25H26FN5O3. The number of para-hydroxylation sites is 1. The van der Waals surface area contributed by atoms with Crippen molar-refractivity contribution in [2.24, 2.45) is 5.92 Å². The van der Waals surface area contributed by atoms with Crippen LogP contribution >= 0.6 is 0 Å². The second-order valence-corrected chi connectivity index (χ2v) is 9.32.